The molecule has 0 aliphatic carbocycles. The quantitative estimate of drug-likeness (QED) is 0.908. The van der Waals surface area contributed by atoms with E-state index in [-0.39, 0.29) is 0 Å². The maximum absolute atomic E-state index is 9.46. The Hall–Kier alpha value is -0.540. The Balaban J connectivity index is 3.02. The van der Waals surface area contributed by atoms with Crippen LogP contribution in [0.3, 0.4) is 0 Å². The normalized spacial score (nSPS) is 12.6. The molecule has 1 unspecified atom stereocenters. The fraction of sp³-hybridized carbons (Fsp3) is 0.500. The van der Waals surface area contributed by atoms with Crippen LogP contribution in [-0.4, -0.2) is 18.2 Å². The van der Waals surface area contributed by atoms with E-state index in [9.17, 15) is 5.11 Å². The summed E-state index contributed by atoms with van der Waals surface area (Å²) in [6.45, 7) is 8.03. The molecule has 3 heteroatoms. The first-order valence-electron chi connectivity index (χ1n) is 5.32. The van der Waals surface area contributed by atoms with Crippen LogP contribution in [0, 0.1) is 0 Å². The van der Waals surface area contributed by atoms with Crippen LogP contribution in [-0.2, 0) is 0 Å². The zero-order valence-corrected chi connectivity index (χ0v) is 11.1. The summed E-state index contributed by atoms with van der Waals surface area (Å²) >= 11 is 3.54. The summed E-state index contributed by atoms with van der Waals surface area (Å²) in [6, 6.07) is 6.01. The van der Waals surface area contributed by atoms with Crippen molar-refractivity contribution in [3.05, 3.63) is 28.2 Å². The summed E-state index contributed by atoms with van der Waals surface area (Å²) in [5.74, 6) is 0. The molecule has 0 aliphatic rings. The molecule has 15 heavy (non-hydrogen) atoms. The lowest BCUT2D eigenvalue weighted by Gasteiger charge is -2.23. The Morgan fingerprint density at radius 2 is 1.93 bits per heavy atom. The van der Waals surface area contributed by atoms with Crippen molar-refractivity contribution < 1.29 is 5.11 Å². The summed E-state index contributed by atoms with van der Waals surface area (Å²) in [7, 11) is 0. The van der Waals surface area contributed by atoms with Crippen LogP contribution in [0.2, 0.25) is 0 Å². The molecule has 0 saturated heterocycles. The van der Waals surface area contributed by atoms with Gasteiger partial charge in [0, 0.05) is 17.6 Å². The highest BCUT2D eigenvalue weighted by molar-refractivity contribution is 9.10. The molecule has 1 aromatic rings. The van der Waals surface area contributed by atoms with Gasteiger partial charge in [-0.05, 0) is 54.4 Å². The van der Waals surface area contributed by atoms with Crippen molar-refractivity contribution in [2.24, 2.45) is 0 Å². The van der Waals surface area contributed by atoms with E-state index in [4.69, 9.17) is 0 Å². The van der Waals surface area contributed by atoms with E-state index in [1.54, 1.807) is 6.92 Å². The van der Waals surface area contributed by atoms with Crippen LogP contribution >= 0.6 is 15.9 Å². The summed E-state index contributed by atoms with van der Waals surface area (Å²) in [5.41, 5.74) is 2.13. The smallest absolute Gasteiger partial charge is 0.0762 e. The third kappa shape index (κ3) is 2.95. The standard InChI is InChI=1S/C12H18BrNO/c1-4-14(5-2)12-7-6-10(9(3)15)8-11(12)13/h6-9,15H,4-5H2,1-3H3. The van der Waals surface area contributed by atoms with Gasteiger partial charge >= 0.3 is 0 Å². The number of benzene rings is 1. The van der Waals surface area contributed by atoms with Gasteiger partial charge in [0.25, 0.3) is 0 Å². The zero-order valence-electron chi connectivity index (χ0n) is 9.50. The van der Waals surface area contributed by atoms with Gasteiger partial charge in [-0.1, -0.05) is 6.07 Å². The summed E-state index contributed by atoms with van der Waals surface area (Å²) in [5, 5.41) is 9.46. The average molecular weight is 272 g/mol. The topological polar surface area (TPSA) is 23.5 Å². The predicted molar refractivity (Wildman–Crippen MR) is 68.3 cm³/mol. The number of anilines is 1. The van der Waals surface area contributed by atoms with E-state index in [1.165, 1.54) is 5.69 Å². The second-order valence-electron chi connectivity index (χ2n) is 3.56. The van der Waals surface area contributed by atoms with Gasteiger partial charge in [0.15, 0.2) is 0 Å². The molecule has 2 nitrogen and oxygen atoms in total. The predicted octanol–water partition coefficient (Wildman–Crippen LogP) is 3.35. The van der Waals surface area contributed by atoms with Crippen molar-refractivity contribution in [1.82, 2.24) is 0 Å². The molecule has 1 N–H and O–H groups in total. The van der Waals surface area contributed by atoms with E-state index < -0.39 is 6.10 Å². The van der Waals surface area contributed by atoms with Crippen LogP contribution in [0.15, 0.2) is 22.7 Å². The molecule has 0 aliphatic heterocycles. The monoisotopic (exact) mass is 271 g/mol. The Morgan fingerprint density at radius 1 is 1.33 bits per heavy atom. The molecule has 0 saturated carbocycles. The van der Waals surface area contributed by atoms with Gasteiger partial charge in [-0.15, -0.1) is 0 Å². The Morgan fingerprint density at radius 3 is 2.33 bits per heavy atom. The van der Waals surface area contributed by atoms with Crippen LogP contribution in [0.5, 0.6) is 0 Å². The van der Waals surface area contributed by atoms with Crippen molar-refractivity contribution in [3.63, 3.8) is 0 Å². The Kier molecular flexibility index (Phi) is 4.61. The molecule has 1 rings (SSSR count). The van der Waals surface area contributed by atoms with Crippen molar-refractivity contribution in [2.45, 2.75) is 26.9 Å². The Bertz CT molecular complexity index is 321. The minimum atomic E-state index is -0.410. The van der Waals surface area contributed by atoms with Crippen molar-refractivity contribution in [2.75, 3.05) is 18.0 Å². The van der Waals surface area contributed by atoms with Gasteiger partial charge in [-0.25, -0.2) is 0 Å². The van der Waals surface area contributed by atoms with E-state index in [0.29, 0.717) is 0 Å². The van der Waals surface area contributed by atoms with Crippen LogP contribution in [0.1, 0.15) is 32.4 Å². The van der Waals surface area contributed by atoms with E-state index >= 15 is 0 Å². The molecule has 0 bridgehead atoms. The molecule has 0 fully saturated rings. The number of aliphatic hydroxyl groups is 1. The van der Waals surface area contributed by atoms with Crippen molar-refractivity contribution in [3.8, 4) is 0 Å². The number of rotatable bonds is 4. The molecule has 0 amide bonds. The lowest BCUT2D eigenvalue weighted by molar-refractivity contribution is 0.199. The number of aliphatic hydroxyl groups excluding tert-OH is 1. The molecule has 0 radical (unpaired) electrons. The summed E-state index contributed by atoms with van der Waals surface area (Å²) in [4.78, 5) is 2.27. The van der Waals surface area contributed by atoms with E-state index in [2.05, 4.69) is 40.7 Å². The summed E-state index contributed by atoms with van der Waals surface area (Å²) in [6.07, 6.45) is -0.410. The highest BCUT2D eigenvalue weighted by Gasteiger charge is 2.08. The van der Waals surface area contributed by atoms with Crippen molar-refractivity contribution in [1.29, 1.82) is 0 Å². The second kappa shape index (κ2) is 5.52. The van der Waals surface area contributed by atoms with Gasteiger partial charge in [-0.2, -0.15) is 0 Å². The number of nitrogens with zero attached hydrogens (tertiary/aromatic N) is 1. The fourth-order valence-corrected chi connectivity index (χ4v) is 2.25. The van der Waals surface area contributed by atoms with Crippen LogP contribution < -0.4 is 4.90 Å². The first kappa shape index (κ1) is 12.5. The highest BCUT2D eigenvalue weighted by atomic mass is 79.9. The average Bonchev–Trinajstić information content (AvgIpc) is 2.21. The highest BCUT2D eigenvalue weighted by Crippen LogP contribution is 2.29. The largest absolute Gasteiger partial charge is 0.389 e. The van der Waals surface area contributed by atoms with Gasteiger partial charge in [-0.3, -0.25) is 0 Å². The zero-order chi connectivity index (χ0) is 11.4. The lowest BCUT2D eigenvalue weighted by Crippen LogP contribution is -2.22. The molecule has 0 aromatic heterocycles. The number of hydrogen-bond donors (Lipinski definition) is 1. The van der Waals surface area contributed by atoms with Gasteiger partial charge < -0.3 is 10.0 Å². The third-order valence-corrected chi connectivity index (χ3v) is 3.19. The fourth-order valence-electron chi connectivity index (χ4n) is 1.60. The molecular formula is C12H18BrNO. The van der Waals surface area contributed by atoms with Gasteiger partial charge in [0.2, 0.25) is 0 Å². The van der Waals surface area contributed by atoms with E-state index in [1.807, 2.05) is 12.1 Å². The molecular weight excluding hydrogens is 254 g/mol. The first-order chi connectivity index (χ1) is 7.10. The first-order valence-corrected chi connectivity index (χ1v) is 6.11. The molecule has 84 valence electrons. The molecule has 0 heterocycles. The third-order valence-electron chi connectivity index (χ3n) is 2.56. The van der Waals surface area contributed by atoms with Crippen molar-refractivity contribution >= 4 is 21.6 Å². The Labute approximate surface area is 100 Å². The second-order valence-corrected chi connectivity index (χ2v) is 4.41. The summed E-state index contributed by atoms with van der Waals surface area (Å²) < 4.78 is 1.05. The molecule has 1 atom stereocenters. The molecule has 0 spiro atoms. The number of hydrogen-bond acceptors (Lipinski definition) is 2. The maximum Gasteiger partial charge on any atom is 0.0762 e. The number of halogens is 1. The minimum absolute atomic E-state index is 0.410. The molecule has 1 aromatic carbocycles. The lowest BCUT2D eigenvalue weighted by atomic mass is 10.1. The van der Waals surface area contributed by atoms with Gasteiger partial charge in [0.05, 0.1) is 11.8 Å². The van der Waals surface area contributed by atoms with E-state index in [0.717, 1.165) is 23.1 Å². The van der Waals surface area contributed by atoms with Crippen LogP contribution in [0.25, 0.3) is 0 Å². The van der Waals surface area contributed by atoms with Gasteiger partial charge in [0.1, 0.15) is 0 Å². The maximum atomic E-state index is 9.46. The van der Waals surface area contributed by atoms with Crippen LogP contribution in [0.4, 0.5) is 5.69 Å². The minimum Gasteiger partial charge on any atom is -0.389 e. The SMILES string of the molecule is CCN(CC)c1ccc(C(C)O)cc1Br.